The molecule has 168 valence electrons. The molecule has 0 bridgehead atoms. The van der Waals surface area contributed by atoms with Crippen molar-refractivity contribution in [3.05, 3.63) is 101 Å². The first-order chi connectivity index (χ1) is 15.9. The fourth-order valence-corrected chi connectivity index (χ4v) is 4.18. The van der Waals surface area contributed by atoms with E-state index in [9.17, 15) is 14.7 Å². The van der Waals surface area contributed by atoms with Crippen LogP contribution in [0.15, 0.2) is 78.5 Å². The highest BCUT2D eigenvalue weighted by Crippen LogP contribution is 2.41. The zero-order valence-electron chi connectivity index (χ0n) is 18.9. The van der Waals surface area contributed by atoms with Crippen LogP contribution in [-0.4, -0.2) is 33.8 Å². The highest BCUT2D eigenvalue weighted by Gasteiger charge is 2.46. The number of aromatic nitrogens is 1. The third-order valence-corrected chi connectivity index (χ3v) is 5.84. The third kappa shape index (κ3) is 4.24. The summed E-state index contributed by atoms with van der Waals surface area (Å²) in [6.07, 6.45) is 1.65. The maximum Gasteiger partial charge on any atom is 0.296 e. The molecule has 4 rings (SSSR count). The van der Waals surface area contributed by atoms with Gasteiger partial charge in [-0.3, -0.25) is 14.6 Å². The lowest BCUT2D eigenvalue weighted by atomic mass is 9.93. The van der Waals surface area contributed by atoms with Gasteiger partial charge in [0.2, 0.25) is 0 Å². The summed E-state index contributed by atoms with van der Waals surface area (Å²) in [6, 6.07) is 19.3. The lowest BCUT2D eigenvalue weighted by Crippen LogP contribution is -2.29. The number of aliphatic hydroxyl groups excluding tert-OH is 1. The van der Waals surface area contributed by atoms with Crippen LogP contribution in [-0.2, 0) is 16.1 Å². The third-order valence-electron chi connectivity index (χ3n) is 5.84. The van der Waals surface area contributed by atoms with Crippen molar-refractivity contribution in [2.24, 2.45) is 0 Å². The van der Waals surface area contributed by atoms with E-state index in [1.807, 2.05) is 56.3 Å². The van der Waals surface area contributed by atoms with E-state index in [1.165, 1.54) is 4.90 Å². The number of carbonyl (C=O) groups excluding carboxylic acids is 2. The van der Waals surface area contributed by atoms with E-state index in [1.54, 1.807) is 37.6 Å². The van der Waals surface area contributed by atoms with Crippen LogP contribution in [0.4, 0.5) is 0 Å². The summed E-state index contributed by atoms with van der Waals surface area (Å²) in [6.45, 7) is 4.20. The van der Waals surface area contributed by atoms with E-state index < -0.39 is 17.7 Å². The number of Topliss-reactive ketones (excluding diaryl/α,β-unsaturated/α-hetero) is 1. The van der Waals surface area contributed by atoms with Crippen molar-refractivity contribution in [2.45, 2.75) is 32.4 Å². The van der Waals surface area contributed by atoms with Crippen molar-refractivity contribution in [1.82, 2.24) is 9.88 Å². The maximum atomic E-state index is 13.2. The quantitative estimate of drug-likeness (QED) is 0.336. The molecule has 1 aliphatic rings. The number of aliphatic hydroxyl groups is 1. The second-order valence-corrected chi connectivity index (χ2v) is 8.27. The fraction of sp³-hybridized carbons (Fsp3) is 0.222. The number of nitrogens with zero attached hydrogens (tertiary/aromatic N) is 2. The van der Waals surface area contributed by atoms with Gasteiger partial charge >= 0.3 is 0 Å². The van der Waals surface area contributed by atoms with Crippen LogP contribution in [0.3, 0.4) is 0 Å². The summed E-state index contributed by atoms with van der Waals surface area (Å²) in [7, 11) is 1.60. The molecule has 0 spiro atoms. The van der Waals surface area contributed by atoms with Crippen LogP contribution in [0, 0.1) is 0 Å². The zero-order chi connectivity index (χ0) is 23.5. The molecule has 0 saturated carbocycles. The standard InChI is InChI=1S/C27H26N2O4/c1-17(2)21-15-19(12-13-22(21)33-3)25(30)23-24(18-9-5-4-6-10-18)29(27(32)26(23)31)16-20-11-7-8-14-28-20/h4-15,17,24,30H,16H2,1-3H3/b25-23-. The molecular weight excluding hydrogens is 416 g/mol. The minimum atomic E-state index is -0.724. The molecule has 1 fully saturated rings. The summed E-state index contributed by atoms with van der Waals surface area (Å²) in [5.74, 6) is -0.718. The molecule has 1 saturated heterocycles. The summed E-state index contributed by atoms with van der Waals surface area (Å²) >= 11 is 0. The van der Waals surface area contributed by atoms with E-state index >= 15 is 0 Å². The van der Waals surface area contributed by atoms with Gasteiger partial charge in [0.15, 0.2) is 0 Å². The first-order valence-corrected chi connectivity index (χ1v) is 10.8. The van der Waals surface area contributed by atoms with Crippen LogP contribution < -0.4 is 4.74 Å². The minimum absolute atomic E-state index is 0.0713. The van der Waals surface area contributed by atoms with E-state index in [2.05, 4.69) is 4.98 Å². The minimum Gasteiger partial charge on any atom is -0.507 e. The lowest BCUT2D eigenvalue weighted by Gasteiger charge is -2.25. The molecule has 1 aromatic heterocycles. The van der Waals surface area contributed by atoms with E-state index in [0.29, 0.717) is 17.0 Å². The second kappa shape index (κ2) is 9.28. The number of ketones is 1. The Kier molecular flexibility index (Phi) is 6.27. The van der Waals surface area contributed by atoms with Gasteiger partial charge in [-0.25, -0.2) is 0 Å². The van der Waals surface area contributed by atoms with Crippen molar-refractivity contribution < 1.29 is 19.4 Å². The van der Waals surface area contributed by atoms with Crippen molar-refractivity contribution in [1.29, 1.82) is 0 Å². The Hall–Kier alpha value is -3.93. The molecule has 1 atom stereocenters. The van der Waals surface area contributed by atoms with Crippen molar-refractivity contribution in [3.8, 4) is 5.75 Å². The van der Waals surface area contributed by atoms with Crippen LogP contribution >= 0.6 is 0 Å². The summed E-state index contributed by atoms with van der Waals surface area (Å²) in [4.78, 5) is 32.1. The van der Waals surface area contributed by atoms with Gasteiger partial charge in [-0.05, 0) is 47.4 Å². The monoisotopic (exact) mass is 442 g/mol. The smallest absolute Gasteiger partial charge is 0.296 e. The van der Waals surface area contributed by atoms with Gasteiger partial charge in [0, 0.05) is 11.8 Å². The van der Waals surface area contributed by atoms with Gasteiger partial charge in [0.1, 0.15) is 11.5 Å². The molecule has 6 nitrogen and oxygen atoms in total. The molecule has 6 heteroatoms. The molecule has 1 N–H and O–H groups in total. The van der Waals surface area contributed by atoms with Gasteiger partial charge < -0.3 is 14.7 Å². The molecule has 0 radical (unpaired) electrons. The molecule has 3 aromatic rings. The molecule has 1 amide bonds. The number of methoxy groups -OCH3 is 1. The average Bonchev–Trinajstić information content (AvgIpc) is 3.09. The van der Waals surface area contributed by atoms with Crippen molar-refractivity contribution in [2.75, 3.05) is 7.11 Å². The predicted octanol–water partition coefficient (Wildman–Crippen LogP) is 4.84. The number of hydrogen-bond donors (Lipinski definition) is 1. The SMILES string of the molecule is COc1ccc(/C(O)=C2/C(=O)C(=O)N(Cc3ccccn3)C2c2ccccc2)cc1C(C)C. The van der Waals surface area contributed by atoms with Crippen LogP contribution in [0.2, 0.25) is 0 Å². The summed E-state index contributed by atoms with van der Waals surface area (Å²) in [5.41, 5.74) is 2.84. The fourth-order valence-electron chi connectivity index (χ4n) is 4.18. The normalized spacial score (nSPS) is 17.6. The Bertz CT molecular complexity index is 1200. The first kappa shape index (κ1) is 22.3. The Labute approximate surface area is 193 Å². The van der Waals surface area contributed by atoms with Crippen LogP contribution in [0.5, 0.6) is 5.75 Å². The number of amides is 1. The second-order valence-electron chi connectivity index (χ2n) is 8.27. The largest absolute Gasteiger partial charge is 0.507 e. The van der Waals surface area contributed by atoms with Gasteiger partial charge in [0.25, 0.3) is 11.7 Å². The molecular formula is C27H26N2O4. The highest BCUT2D eigenvalue weighted by molar-refractivity contribution is 6.46. The number of hydrogen-bond acceptors (Lipinski definition) is 5. The Morgan fingerprint density at radius 3 is 2.42 bits per heavy atom. The Morgan fingerprint density at radius 1 is 1.06 bits per heavy atom. The Balaban J connectivity index is 1.86. The summed E-state index contributed by atoms with van der Waals surface area (Å²) in [5, 5.41) is 11.3. The molecule has 1 unspecified atom stereocenters. The maximum absolute atomic E-state index is 13.2. The molecule has 2 heterocycles. The molecule has 1 aliphatic heterocycles. The zero-order valence-corrected chi connectivity index (χ0v) is 18.9. The topological polar surface area (TPSA) is 79.7 Å². The molecule has 2 aromatic carbocycles. The number of rotatable bonds is 6. The van der Waals surface area contributed by atoms with Crippen molar-refractivity contribution in [3.63, 3.8) is 0 Å². The van der Waals surface area contributed by atoms with Crippen molar-refractivity contribution >= 4 is 17.4 Å². The van der Waals surface area contributed by atoms with Crippen LogP contribution in [0.1, 0.15) is 48.2 Å². The van der Waals surface area contributed by atoms with E-state index in [-0.39, 0.29) is 23.8 Å². The lowest BCUT2D eigenvalue weighted by molar-refractivity contribution is -0.140. The van der Waals surface area contributed by atoms with Gasteiger partial charge in [-0.15, -0.1) is 0 Å². The number of pyridine rings is 1. The van der Waals surface area contributed by atoms with Gasteiger partial charge in [-0.2, -0.15) is 0 Å². The van der Waals surface area contributed by atoms with Gasteiger partial charge in [-0.1, -0.05) is 50.2 Å². The van der Waals surface area contributed by atoms with E-state index in [4.69, 9.17) is 4.74 Å². The number of likely N-dealkylation sites (tertiary alicyclic amines) is 1. The van der Waals surface area contributed by atoms with Gasteiger partial charge in [0.05, 0.1) is 31.0 Å². The number of benzene rings is 2. The molecule has 33 heavy (non-hydrogen) atoms. The predicted molar refractivity (Wildman–Crippen MR) is 126 cm³/mol. The average molecular weight is 443 g/mol. The van der Waals surface area contributed by atoms with Crippen LogP contribution in [0.25, 0.3) is 5.76 Å². The summed E-state index contributed by atoms with van der Waals surface area (Å²) < 4.78 is 5.45. The van der Waals surface area contributed by atoms with E-state index in [0.717, 1.165) is 11.1 Å². The molecule has 0 aliphatic carbocycles. The number of carbonyl (C=O) groups is 2. The highest BCUT2D eigenvalue weighted by atomic mass is 16.5. The Morgan fingerprint density at radius 2 is 1.79 bits per heavy atom. The first-order valence-electron chi connectivity index (χ1n) is 10.8. The number of ether oxygens (including phenoxy) is 1.